The van der Waals surface area contributed by atoms with Gasteiger partial charge in [-0.15, -0.1) is 22.7 Å². The zero-order valence-corrected chi connectivity index (χ0v) is 30.6. The van der Waals surface area contributed by atoms with Gasteiger partial charge in [0.05, 0.1) is 24.5 Å². The van der Waals surface area contributed by atoms with Gasteiger partial charge in [0.2, 0.25) is 23.6 Å². The number of hydrogen-bond donors (Lipinski definition) is 6. The van der Waals surface area contributed by atoms with Gasteiger partial charge in [0.25, 0.3) is 23.6 Å². The van der Waals surface area contributed by atoms with E-state index in [4.69, 9.17) is 8.83 Å². The lowest BCUT2D eigenvalue weighted by atomic mass is 10.1. The molecule has 4 aromatic rings. The molecule has 18 nitrogen and oxygen atoms in total. The smallest absolute Gasteiger partial charge is 0.273 e. The summed E-state index contributed by atoms with van der Waals surface area (Å²) in [6, 6.07) is -2.99. The lowest BCUT2D eigenvalue weighted by Crippen LogP contribution is -2.31. The van der Waals surface area contributed by atoms with Gasteiger partial charge in [-0.2, -0.15) is 0 Å². The first kappa shape index (κ1) is 36.8. The zero-order chi connectivity index (χ0) is 37.6. The molecule has 0 aromatic carbocycles. The van der Waals surface area contributed by atoms with Crippen LogP contribution in [0.4, 0.5) is 0 Å². The molecule has 0 spiro atoms. The minimum atomic E-state index is -0.757. The SMILES string of the molecule is O=C1CC[C@@H]2NC(=O)c3coc(n3)[C@@H]3CCCCNC(=O)CC[C@H](NC(=O)c4coc(n4)[C@H](CCCCN1)NC(=O)c1cnc2s1)c1ncc(s1)C(=O)N3. The van der Waals surface area contributed by atoms with E-state index in [9.17, 15) is 28.8 Å². The molecule has 0 fully saturated rings. The summed E-state index contributed by atoms with van der Waals surface area (Å²) in [5, 5.41) is 18.3. The van der Waals surface area contributed by atoms with Crippen LogP contribution in [-0.4, -0.2) is 68.5 Å². The van der Waals surface area contributed by atoms with Crippen molar-refractivity contribution in [2.75, 3.05) is 13.1 Å². The van der Waals surface area contributed by atoms with Gasteiger partial charge in [-0.05, 0) is 51.4 Å². The van der Waals surface area contributed by atoms with Crippen LogP contribution in [0.2, 0.25) is 0 Å². The van der Waals surface area contributed by atoms with E-state index in [0.29, 0.717) is 61.6 Å². The highest BCUT2D eigenvalue weighted by Crippen LogP contribution is 2.29. The van der Waals surface area contributed by atoms with Gasteiger partial charge in [0, 0.05) is 25.9 Å². The second-order valence-electron chi connectivity index (χ2n) is 13.1. The molecule has 54 heavy (non-hydrogen) atoms. The number of nitrogens with one attached hydrogen (secondary N) is 6. The molecule has 0 saturated carbocycles. The highest BCUT2D eigenvalue weighted by atomic mass is 32.1. The van der Waals surface area contributed by atoms with E-state index in [0.717, 1.165) is 22.7 Å². The Balaban J connectivity index is 1.28. The summed E-state index contributed by atoms with van der Waals surface area (Å²) < 4.78 is 11.5. The molecule has 7 rings (SSSR count). The quantitative estimate of drug-likeness (QED) is 0.151. The fraction of sp³-hybridized carbons (Fsp3) is 0.471. The Kier molecular flexibility index (Phi) is 11.4. The maximum absolute atomic E-state index is 13.6. The van der Waals surface area contributed by atoms with E-state index in [2.05, 4.69) is 51.8 Å². The van der Waals surface area contributed by atoms with Gasteiger partial charge < -0.3 is 40.7 Å². The van der Waals surface area contributed by atoms with Crippen LogP contribution in [0.3, 0.4) is 0 Å². The van der Waals surface area contributed by atoms with E-state index in [1.165, 1.54) is 24.9 Å². The predicted molar refractivity (Wildman–Crippen MR) is 190 cm³/mol. The lowest BCUT2D eigenvalue weighted by Gasteiger charge is -2.16. The third-order valence-electron chi connectivity index (χ3n) is 9.22. The molecule has 3 aliphatic heterocycles. The van der Waals surface area contributed by atoms with Crippen LogP contribution in [0.1, 0.15) is 150 Å². The molecule has 0 radical (unpaired) electrons. The molecule has 4 aromatic heterocycles. The molecule has 20 heteroatoms. The summed E-state index contributed by atoms with van der Waals surface area (Å²) in [5.41, 5.74) is -0.114. The molecule has 6 amide bonds. The van der Waals surface area contributed by atoms with Crippen LogP contribution in [0.15, 0.2) is 33.8 Å². The molecular weight excluding hydrogens is 741 g/mol. The summed E-state index contributed by atoms with van der Waals surface area (Å²) in [6.45, 7) is 0.766. The summed E-state index contributed by atoms with van der Waals surface area (Å²) in [5.74, 6) is -2.34. The van der Waals surface area contributed by atoms with E-state index >= 15 is 0 Å². The molecular formula is C34H38N10O8S2. The van der Waals surface area contributed by atoms with Crippen molar-refractivity contribution in [3.05, 3.63) is 67.9 Å². The number of rotatable bonds is 0. The molecule has 6 N–H and O–H groups in total. The van der Waals surface area contributed by atoms with Crippen LogP contribution in [0.5, 0.6) is 0 Å². The standard InChI is InChI=1S/C34H38N10O8S2/c45-25-9-7-19-33-37-13-23(53-33)29(49)39-17(5-1-3-11-35-25)31-43-21(15-51-31)27(47)41-20-8-10-26(46)36-12-4-2-6-18(32-44-22(16-52-32)28(48)42-19)40-30(50)24-14-38-34(20)54-24/h13-20H,1-12H2,(H,35,45)(H,36,46)(H,39,49)(H,40,50)(H,41,47)(H,42,48)/t17-,18-,19-,20-/m0/s1. The highest BCUT2D eigenvalue weighted by molar-refractivity contribution is 7.14. The Morgan fingerprint density at radius 1 is 0.537 bits per heavy atom. The van der Waals surface area contributed by atoms with Gasteiger partial charge in [-0.1, -0.05) is 0 Å². The Bertz CT molecular complexity index is 1900. The Morgan fingerprint density at radius 2 is 0.963 bits per heavy atom. The van der Waals surface area contributed by atoms with E-state index < -0.39 is 47.8 Å². The van der Waals surface area contributed by atoms with Gasteiger partial charge >= 0.3 is 0 Å². The summed E-state index contributed by atoms with van der Waals surface area (Å²) in [7, 11) is 0. The van der Waals surface area contributed by atoms with Crippen LogP contribution >= 0.6 is 22.7 Å². The zero-order valence-electron chi connectivity index (χ0n) is 29.0. The van der Waals surface area contributed by atoms with Crippen molar-refractivity contribution in [1.29, 1.82) is 0 Å². The first-order valence-electron chi connectivity index (χ1n) is 17.8. The van der Waals surface area contributed by atoms with Crippen molar-refractivity contribution in [2.24, 2.45) is 0 Å². The number of fused-ring (bicyclic) bond motifs is 10. The monoisotopic (exact) mass is 778 g/mol. The van der Waals surface area contributed by atoms with Crippen LogP contribution < -0.4 is 31.9 Å². The summed E-state index contributed by atoms with van der Waals surface area (Å²) in [6.07, 6.45) is 8.82. The molecule has 0 saturated heterocycles. The summed E-state index contributed by atoms with van der Waals surface area (Å²) >= 11 is 2.13. The third-order valence-corrected chi connectivity index (χ3v) is 11.4. The minimum Gasteiger partial charge on any atom is -0.446 e. The molecule has 0 aliphatic carbocycles. The number of oxazole rings is 2. The van der Waals surface area contributed by atoms with Gasteiger partial charge in [0.15, 0.2) is 11.4 Å². The second kappa shape index (κ2) is 16.7. The van der Waals surface area contributed by atoms with E-state index in [1.54, 1.807) is 0 Å². The summed E-state index contributed by atoms with van der Waals surface area (Å²) in [4.78, 5) is 98.3. The molecule has 3 aliphatic rings. The number of aromatic nitrogens is 4. The number of amides is 6. The molecule has 4 atom stereocenters. The normalized spacial score (nSPS) is 23.8. The van der Waals surface area contributed by atoms with Crippen molar-refractivity contribution in [3.8, 4) is 0 Å². The van der Waals surface area contributed by atoms with Crippen LogP contribution in [-0.2, 0) is 9.59 Å². The Morgan fingerprint density at radius 3 is 1.41 bits per heavy atom. The Labute approximate surface area is 316 Å². The topological polar surface area (TPSA) is 252 Å². The van der Waals surface area contributed by atoms with Gasteiger partial charge in [0.1, 0.15) is 44.4 Å². The predicted octanol–water partition coefficient (Wildman–Crippen LogP) is 2.93. The van der Waals surface area contributed by atoms with Crippen LogP contribution in [0.25, 0.3) is 0 Å². The molecule has 0 unspecified atom stereocenters. The maximum atomic E-state index is 13.6. The first-order valence-corrected chi connectivity index (χ1v) is 19.4. The average molecular weight is 779 g/mol. The number of hydrogen-bond acceptors (Lipinski definition) is 14. The van der Waals surface area contributed by atoms with Crippen molar-refractivity contribution in [1.82, 2.24) is 51.8 Å². The van der Waals surface area contributed by atoms with Crippen molar-refractivity contribution in [2.45, 2.75) is 88.4 Å². The minimum absolute atomic E-state index is 0.0569. The second-order valence-corrected chi connectivity index (χ2v) is 15.3. The molecule has 12 bridgehead atoms. The first-order chi connectivity index (χ1) is 26.2. The van der Waals surface area contributed by atoms with E-state index in [-0.39, 0.29) is 70.4 Å². The lowest BCUT2D eigenvalue weighted by molar-refractivity contribution is -0.122. The number of carbonyl (C=O) groups is 6. The molecule has 7 heterocycles. The van der Waals surface area contributed by atoms with Crippen molar-refractivity contribution >= 4 is 58.1 Å². The maximum Gasteiger partial charge on any atom is 0.273 e. The average Bonchev–Trinajstić information content (AvgIpc) is 3.99. The van der Waals surface area contributed by atoms with Crippen LogP contribution in [0, 0.1) is 0 Å². The number of carbonyl (C=O) groups excluding carboxylic acids is 6. The fourth-order valence-electron chi connectivity index (χ4n) is 6.29. The fourth-order valence-corrected chi connectivity index (χ4v) is 8.11. The van der Waals surface area contributed by atoms with E-state index in [1.807, 2.05) is 0 Å². The van der Waals surface area contributed by atoms with Crippen molar-refractivity contribution in [3.63, 3.8) is 0 Å². The van der Waals surface area contributed by atoms with Crippen molar-refractivity contribution < 1.29 is 37.6 Å². The van der Waals surface area contributed by atoms with Gasteiger partial charge in [-0.3, -0.25) is 28.8 Å². The highest BCUT2D eigenvalue weighted by Gasteiger charge is 2.30. The third kappa shape index (κ3) is 8.82. The number of thiazole rings is 2. The molecule has 284 valence electrons. The Hall–Kier alpha value is -5.50. The largest absolute Gasteiger partial charge is 0.446 e. The number of nitrogens with zero attached hydrogens (tertiary/aromatic N) is 4. The van der Waals surface area contributed by atoms with Gasteiger partial charge in [-0.25, -0.2) is 19.9 Å².